The van der Waals surface area contributed by atoms with Crippen LogP contribution in [0.3, 0.4) is 0 Å². The zero-order valence-electron chi connectivity index (χ0n) is 9.41. The van der Waals surface area contributed by atoms with Gasteiger partial charge in [0.05, 0.1) is 6.61 Å². The van der Waals surface area contributed by atoms with Crippen LogP contribution < -0.4 is 0 Å². The van der Waals surface area contributed by atoms with Gasteiger partial charge in [0.1, 0.15) is 5.69 Å². The number of nitrogens with one attached hydrogen (secondary N) is 1. The first-order chi connectivity index (χ1) is 8.65. The molecule has 0 amide bonds. The molecule has 0 radical (unpaired) electrons. The smallest absolute Gasteiger partial charge is 0.361 e. The summed E-state index contributed by atoms with van der Waals surface area (Å²) in [6.45, 7) is 2.06. The lowest BCUT2D eigenvalue weighted by Gasteiger charge is -2.04. The van der Waals surface area contributed by atoms with Gasteiger partial charge in [-0.3, -0.25) is 0 Å². The number of hydrogen-bond donors (Lipinski definition) is 1. The highest BCUT2D eigenvalue weighted by Crippen LogP contribution is 2.30. The van der Waals surface area contributed by atoms with Crippen molar-refractivity contribution in [1.82, 2.24) is 15.4 Å². The maximum Gasteiger partial charge on any atom is 0.361 e. The fourth-order valence-electron chi connectivity index (χ4n) is 1.45. The number of carbonyl (C=O) groups is 1. The Bertz CT molecular complexity index is 585. The quantitative estimate of drug-likeness (QED) is 0.611. The van der Waals surface area contributed by atoms with E-state index in [1.807, 2.05) is 18.2 Å². The lowest BCUT2D eigenvalue weighted by Crippen LogP contribution is -2.07. The predicted molar refractivity (Wildman–Crippen MR) is 78.2 cm³/mol. The fourth-order valence-corrected chi connectivity index (χ4v) is 2.43. The maximum atomic E-state index is 11.7. The highest BCUT2D eigenvalue weighted by Gasteiger charge is 2.21. The van der Waals surface area contributed by atoms with Gasteiger partial charge in [0, 0.05) is 13.6 Å². The number of aromatic amines is 1. The number of nitrogens with zero attached hydrogens (tertiary/aromatic N) is 2. The first kappa shape index (κ1) is 13.5. The molecule has 0 aliphatic rings. The van der Waals surface area contributed by atoms with Gasteiger partial charge in [-0.05, 0) is 51.5 Å². The third-order valence-corrected chi connectivity index (χ3v) is 4.79. The molecular formula is C11H9BrIN3O2. The molecule has 0 spiro atoms. The first-order valence-corrected chi connectivity index (χ1v) is 7.04. The molecule has 5 nitrogen and oxygen atoms in total. The van der Waals surface area contributed by atoms with Crippen LogP contribution in [0.1, 0.15) is 17.4 Å². The molecule has 1 N–H and O–H groups in total. The number of carbonyl (C=O) groups excluding carboxylic acids is 1. The van der Waals surface area contributed by atoms with E-state index in [0.717, 1.165) is 13.6 Å². The van der Waals surface area contributed by atoms with Gasteiger partial charge >= 0.3 is 5.97 Å². The van der Waals surface area contributed by atoms with E-state index < -0.39 is 5.97 Å². The van der Waals surface area contributed by atoms with Crippen LogP contribution in [-0.4, -0.2) is 28.0 Å². The molecule has 0 aliphatic heterocycles. The fraction of sp³-hybridized carbons (Fsp3) is 0.182. The number of hydrogen-bond acceptors (Lipinski definition) is 4. The van der Waals surface area contributed by atoms with E-state index in [9.17, 15) is 4.79 Å². The van der Waals surface area contributed by atoms with Crippen LogP contribution in [0.15, 0.2) is 22.7 Å². The van der Waals surface area contributed by atoms with E-state index in [0.29, 0.717) is 12.3 Å². The van der Waals surface area contributed by atoms with Gasteiger partial charge < -0.3 is 4.74 Å². The van der Waals surface area contributed by atoms with Crippen LogP contribution in [-0.2, 0) is 4.74 Å². The van der Waals surface area contributed by atoms with Crippen molar-refractivity contribution < 1.29 is 9.53 Å². The molecule has 0 saturated carbocycles. The van der Waals surface area contributed by atoms with E-state index in [4.69, 9.17) is 4.74 Å². The molecular weight excluding hydrogens is 413 g/mol. The summed E-state index contributed by atoms with van der Waals surface area (Å²) >= 11 is 5.63. The molecule has 0 unspecified atom stereocenters. The van der Waals surface area contributed by atoms with Crippen molar-refractivity contribution in [2.75, 3.05) is 6.61 Å². The Kier molecular flexibility index (Phi) is 4.33. The normalized spacial score (nSPS) is 10.4. The molecule has 0 fully saturated rings. The molecule has 1 aromatic carbocycles. The Balaban J connectivity index is 2.49. The predicted octanol–water partition coefficient (Wildman–Crippen LogP) is 3.02. The van der Waals surface area contributed by atoms with Crippen LogP contribution in [0.25, 0.3) is 11.3 Å². The van der Waals surface area contributed by atoms with E-state index >= 15 is 0 Å². The highest BCUT2D eigenvalue weighted by atomic mass is 127. The lowest BCUT2D eigenvalue weighted by molar-refractivity contribution is 0.0520. The van der Waals surface area contributed by atoms with Gasteiger partial charge in [-0.15, -0.1) is 5.10 Å². The lowest BCUT2D eigenvalue weighted by atomic mass is 10.1. The SMILES string of the molecule is CCOC(=O)c1n[nH]nc1-c1cccc(Br)c1I. The molecule has 18 heavy (non-hydrogen) atoms. The molecule has 7 heteroatoms. The van der Waals surface area contributed by atoms with Crippen LogP contribution >= 0.6 is 38.5 Å². The Hall–Kier alpha value is -0.960. The van der Waals surface area contributed by atoms with Crippen molar-refractivity contribution in [2.24, 2.45) is 0 Å². The van der Waals surface area contributed by atoms with Gasteiger partial charge in [-0.2, -0.15) is 10.3 Å². The summed E-state index contributed by atoms with van der Waals surface area (Å²) < 4.78 is 6.85. The zero-order valence-corrected chi connectivity index (χ0v) is 13.1. The first-order valence-electron chi connectivity index (χ1n) is 5.17. The summed E-state index contributed by atoms with van der Waals surface area (Å²) in [6, 6.07) is 5.69. The van der Waals surface area contributed by atoms with Crippen molar-refractivity contribution in [1.29, 1.82) is 0 Å². The molecule has 2 aromatic rings. The summed E-state index contributed by atoms with van der Waals surface area (Å²) in [5.74, 6) is -0.475. The second kappa shape index (κ2) is 5.79. The average Bonchev–Trinajstić information content (AvgIpc) is 2.82. The van der Waals surface area contributed by atoms with Crippen LogP contribution in [0, 0.1) is 3.57 Å². The summed E-state index contributed by atoms with van der Waals surface area (Å²) in [5, 5.41) is 10.3. The Morgan fingerprint density at radius 1 is 1.50 bits per heavy atom. The van der Waals surface area contributed by atoms with Crippen LogP contribution in [0.2, 0.25) is 0 Å². The molecule has 0 aliphatic carbocycles. The third kappa shape index (κ3) is 2.56. The third-order valence-electron chi connectivity index (χ3n) is 2.22. The minimum Gasteiger partial charge on any atom is -0.461 e. The van der Waals surface area contributed by atoms with Crippen LogP contribution in [0.5, 0.6) is 0 Å². The zero-order chi connectivity index (χ0) is 13.1. The molecule has 94 valence electrons. The van der Waals surface area contributed by atoms with Gasteiger partial charge in [-0.25, -0.2) is 4.79 Å². The number of rotatable bonds is 3. The van der Waals surface area contributed by atoms with Crippen molar-refractivity contribution in [3.05, 3.63) is 31.9 Å². The standard InChI is InChI=1S/C11H9BrIN3O2/c1-2-18-11(17)10-9(14-16-15-10)6-4-3-5-7(12)8(6)13/h3-5H,2H2,1H3,(H,14,15,16). The minimum absolute atomic E-state index is 0.202. The van der Waals surface area contributed by atoms with Crippen molar-refractivity contribution in [3.63, 3.8) is 0 Å². The summed E-state index contributed by atoms with van der Waals surface area (Å²) in [5.41, 5.74) is 1.54. The van der Waals surface area contributed by atoms with Gasteiger partial charge in [0.25, 0.3) is 0 Å². The maximum absolute atomic E-state index is 11.7. The van der Waals surface area contributed by atoms with E-state index in [2.05, 4.69) is 53.9 Å². The monoisotopic (exact) mass is 421 g/mol. The van der Waals surface area contributed by atoms with E-state index in [-0.39, 0.29) is 5.69 Å². The minimum atomic E-state index is -0.475. The van der Waals surface area contributed by atoms with Gasteiger partial charge in [0.2, 0.25) is 0 Å². The molecule has 0 saturated heterocycles. The van der Waals surface area contributed by atoms with Gasteiger partial charge in [0.15, 0.2) is 5.69 Å². The Morgan fingerprint density at radius 3 is 3.00 bits per heavy atom. The second-order valence-corrected chi connectivity index (χ2v) is 5.28. The molecule has 2 rings (SSSR count). The van der Waals surface area contributed by atoms with Gasteiger partial charge in [-0.1, -0.05) is 12.1 Å². The van der Waals surface area contributed by atoms with Crippen LogP contribution in [0.4, 0.5) is 0 Å². The summed E-state index contributed by atoms with van der Waals surface area (Å²) in [4.78, 5) is 11.7. The summed E-state index contributed by atoms with van der Waals surface area (Å²) in [6.07, 6.45) is 0. The molecule has 1 heterocycles. The largest absolute Gasteiger partial charge is 0.461 e. The molecule has 0 atom stereocenters. The number of benzene rings is 1. The second-order valence-electron chi connectivity index (χ2n) is 3.34. The van der Waals surface area contributed by atoms with Crippen molar-refractivity contribution in [2.45, 2.75) is 6.92 Å². The number of aromatic nitrogens is 3. The van der Waals surface area contributed by atoms with E-state index in [1.165, 1.54) is 0 Å². The molecule has 0 bridgehead atoms. The average molecular weight is 422 g/mol. The number of ether oxygens (including phenoxy) is 1. The van der Waals surface area contributed by atoms with E-state index in [1.54, 1.807) is 6.92 Å². The Labute approximate surface area is 126 Å². The highest BCUT2D eigenvalue weighted by molar-refractivity contribution is 14.1. The van der Waals surface area contributed by atoms with Crippen molar-refractivity contribution >= 4 is 44.5 Å². The van der Waals surface area contributed by atoms with Crippen molar-refractivity contribution in [3.8, 4) is 11.3 Å². The Morgan fingerprint density at radius 2 is 2.28 bits per heavy atom. The molecule has 1 aromatic heterocycles. The summed E-state index contributed by atoms with van der Waals surface area (Å²) in [7, 11) is 0. The topological polar surface area (TPSA) is 67.9 Å². The number of esters is 1. The number of H-pyrrole nitrogens is 1. The number of halogens is 2.